The van der Waals surface area contributed by atoms with Crippen molar-refractivity contribution in [2.24, 2.45) is 0 Å². The Kier molecular flexibility index (Phi) is 5.17. The highest BCUT2D eigenvalue weighted by Crippen LogP contribution is 2.17. The molecule has 3 N–H and O–H groups in total. The van der Waals surface area contributed by atoms with Gasteiger partial charge in [0.2, 0.25) is 0 Å². The SMILES string of the molecule is COc1ccc(NC(=O)Nn2c(-c3ccc(C)cc3)[nH+]c3ccccc3c2=O)cc1. The number of hydrogen-bond donors (Lipinski definition) is 2. The van der Waals surface area contributed by atoms with Crippen LogP contribution in [0, 0.1) is 6.92 Å². The van der Waals surface area contributed by atoms with E-state index in [9.17, 15) is 9.59 Å². The fourth-order valence-corrected chi connectivity index (χ4v) is 3.14. The summed E-state index contributed by atoms with van der Waals surface area (Å²) in [6.07, 6.45) is 0. The molecule has 7 heteroatoms. The Bertz CT molecular complexity index is 1260. The number of aryl methyl sites for hydroxylation is 1. The molecule has 0 aliphatic rings. The number of benzene rings is 3. The highest BCUT2D eigenvalue weighted by Gasteiger charge is 2.22. The van der Waals surface area contributed by atoms with E-state index in [0.29, 0.717) is 28.2 Å². The van der Waals surface area contributed by atoms with Gasteiger partial charge in [0.15, 0.2) is 0 Å². The first-order valence-corrected chi connectivity index (χ1v) is 9.41. The number of methoxy groups -OCH3 is 1. The smallest absolute Gasteiger partial charge is 0.369 e. The number of amides is 2. The maximum atomic E-state index is 13.1. The number of hydrogen-bond acceptors (Lipinski definition) is 3. The third-order valence-corrected chi connectivity index (χ3v) is 4.72. The number of nitrogens with one attached hydrogen (secondary N) is 3. The second-order valence-electron chi connectivity index (χ2n) is 6.82. The lowest BCUT2D eigenvalue weighted by molar-refractivity contribution is -0.337. The van der Waals surface area contributed by atoms with E-state index >= 15 is 0 Å². The van der Waals surface area contributed by atoms with Crippen molar-refractivity contribution in [3.63, 3.8) is 0 Å². The number of rotatable bonds is 4. The Morgan fingerprint density at radius 1 is 0.967 bits per heavy atom. The Hall–Kier alpha value is -4.13. The summed E-state index contributed by atoms with van der Waals surface area (Å²) in [6.45, 7) is 1.99. The summed E-state index contributed by atoms with van der Waals surface area (Å²) in [5.41, 5.74) is 5.45. The maximum absolute atomic E-state index is 13.1. The number of urea groups is 1. The fourth-order valence-electron chi connectivity index (χ4n) is 3.14. The number of para-hydroxylation sites is 1. The van der Waals surface area contributed by atoms with E-state index in [0.717, 1.165) is 11.1 Å². The number of aromatic nitrogens is 2. The minimum absolute atomic E-state index is 0.329. The lowest BCUT2D eigenvalue weighted by atomic mass is 10.1. The third-order valence-electron chi connectivity index (χ3n) is 4.72. The molecule has 0 spiro atoms. The van der Waals surface area contributed by atoms with E-state index < -0.39 is 6.03 Å². The minimum Gasteiger partial charge on any atom is -0.497 e. The van der Waals surface area contributed by atoms with Crippen LogP contribution in [0.4, 0.5) is 10.5 Å². The van der Waals surface area contributed by atoms with Crippen molar-refractivity contribution < 1.29 is 14.5 Å². The van der Waals surface area contributed by atoms with Crippen LogP contribution in [-0.2, 0) is 0 Å². The minimum atomic E-state index is -0.542. The van der Waals surface area contributed by atoms with Gasteiger partial charge in [-0.15, -0.1) is 0 Å². The summed E-state index contributed by atoms with van der Waals surface area (Å²) in [5.74, 6) is 1.16. The number of aromatic amines is 1. The number of H-pyrrole nitrogens is 1. The van der Waals surface area contributed by atoms with Crippen LogP contribution in [0.5, 0.6) is 5.75 Å². The summed E-state index contributed by atoms with van der Waals surface area (Å²) >= 11 is 0. The normalized spacial score (nSPS) is 10.6. The van der Waals surface area contributed by atoms with Crippen LogP contribution in [0.2, 0.25) is 0 Å². The van der Waals surface area contributed by atoms with Crippen LogP contribution < -0.4 is 26.0 Å². The summed E-state index contributed by atoms with van der Waals surface area (Å²) in [7, 11) is 1.57. The number of nitrogens with zero attached hydrogens (tertiary/aromatic N) is 1. The Morgan fingerprint density at radius 3 is 2.37 bits per heavy atom. The Morgan fingerprint density at radius 2 is 1.67 bits per heavy atom. The predicted molar refractivity (Wildman–Crippen MR) is 116 cm³/mol. The number of fused-ring (bicyclic) bond motifs is 1. The maximum Gasteiger partial charge on any atom is 0.369 e. The first-order chi connectivity index (χ1) is 14.5. The van der Waals surface area contributed by atoms with Crippen molar-refractivity contribution in [2.75, 3.05) is 17.9 Å². The van der Waals surface area contributed by atoms with Gasteiger partial charge >= 0.3 is 17.4 Å². The van der Waals surface area contributed by atoms with E-state index in [1.54, 1.807) is 43.5 Å². The molecular weight excluding hydrogens is 380 g/mol. The highest BCUT2D eigenvalue weighted by molar-refractivity contribution is 5.95. The zero-order chi connectivity index (χ0) is 21.1. The molecule has 4 rings (SSSR count). The van der Waals surface area contributed by atoms with E-state index in [-0.39, 0.29) is 5.56 Å². The second kappa shape index (κ2) is 8.08. The van der Waals surface area contributed by atoms with Crippen LogP contribution >= 0.6 is 0 Å². The molecule has 30 heavy (non-hydrogen) atoms. The van der Waals surface area contributed by atoms with Crippen LogP contribution in [0.1, 0.15) is 5.56 Å². The topological polar surface area (TPSA) is 86.5 Å². The molecule has 7 nitrogen and oxygen atoms in total. The number of ether oxygens (including phenoxy) is 1. The van der Waals surface area contributed by atoms with Gasteiger partial charge in [-0.05, 0) is 55.5 Å². The predicted octanol–water partition coefficient (Wildman–Crippen LogP) is 3.58. The molecule has 0 saturated heterocycles. The average Bonchev–Trinajstić information content (AvgIpc) is 2.77. The van der Waals surface area contributed by atoms with Gasteiger partial charge in [0, 0.05) is 5.69 Å². The molecule has 0 aliphatic carbocycles. The number of anilines is 1. The monoisotopic (exact) mass is 401 g/mol. The van der Waals surface area contributed by atoms with Crippen molar-refractivity contribution in [3.8, 4) is 17.1 Å². The molecule has 0 bridgehead atoms. The van der Waals surface area contributed by atoms with Gasteiger partial charge in [-0.25, -0.2) is 14.6 Å². The molecule has 150 valence electrons. The Labute approximate surface area is 172 Å². The van der Waals surface area contributed by atoms with Crippen molar-refractivity contribution in [1.29, 1.82) is 0 Å². The highest BCUT2D eigenvalue weighted by atomic mass is 16.5. The van der Waals surface area contributed by atoms with Gasteiger partial charge in [0.05, 0.1) is 12.7 Å². The van der Waals surface area contributed by atoms with Crippen molar-refractivity contribution in [1.82, 2.24) is 4.68 Å². The zero-order valence-corrected chi connectivity index (χ0v) is 16.6. The molecule has 0 atom stereocenters. The number of carbonyl (C=O) groups is 1. The molecule has 0 saturated carbocycles. The first kappa shape index (κ1) is 19.2. The second-order valence-corrected chi connectivity index (χ2v) is 6.82. The van der Waals surface area contributed by atoms with Crippen LogP contribution in [0.15, 0.2) is 77.6 Å². The third kappa shape index (κ3) is 3.86. The van der Waals surface area contributed by atoms with Gasteiger partial charge < -0.3 is 10.1 Å². The van der Waals surface area contributed by atoms with Crippen molar-refractivity contribution in [3.05, 3.63) is 88.7 Å². The molecule has 1 aromatic heterocycles. The molecule has 1 heterocycles. The molecule has 0 fully saturated rings. The van der Waals surface area contributed by atoms with E-state index in [1.165, 1.54) is 4.68 Å². The summed E-state index contributed by atoms with van der Waals surface area (Å²) in [6, 6.07) is 21.2. The fraction of sp³-hybridized carbons (Fsp3) is 0.0870. The van der Waals surface area contributed by atoms with Gasteiger partial charge in [0.1, 0.15) is 16.7 Å². The van der Waals surface area contributed by atoms with E-state index in [4.69, 9.17) is 4.74 Å². The van der Waals surface area contributed by atoms with Gasteiger partial charge in [-0.1, -0.05) is 34.5 Å². The number of carbonyl (C=O) groups excluding carboxylic acids is 1. The molecule has 0 radical (unpaired) electrons. The quantitative estimate of drug-likeness (QED) is 0.548. The van der Waals surface area contributed by atoms with Gasteiger partial charge in [-0.3, -0.25) is 0 Å². The van der Waals surface area contributed by atoms with Crippen LogP contribution in [-0.4, -0.2) is 17.8 Å². The standard InChI is InChI=1S/C23H20N4O3/c1-15-7-9-16(10-8-15)21-25-20-6-4-3-5-19(20)22(28)27(21)26-23(29)24-17-11-13-18(30-2)14-12-17/h3-14H,1-2H3,(H2,24,26,29)/p+1. The Balaban J connectivity index is 1.73. The molecule has 0 aliphatic heterocycles. The van der Waals surface area contributed by atoms with Gasteiger partial charge in [0.25, 0.3) is 0 Å². The van der Waals surface area contributed by atoms with Gasteiger partial charge in [-0.2, -0.15) is 5.43 Å². The van der Waals surface area contributed by atoms with E-state index in [2.05, 4.69) is 15.7 Å². The van der Waals surface area contributed by atoms with Crippen LogP contribution in [0.3, 0.4) is 0 Å². The molecule has 0 unspecified atom stereocenters. The summed E-state index contributed by atoms with van der Waals surface area (Å²) in [4.78, 5) is 29.0. The largest absolute Gasteiger partial charge is 0.497 e. The molecule has 2 amide bonds. The lowest BCUT2D eigenvalue weighted by Crippen LogP contribution is -2.40. The van der Waals surface area contributed by atoms with E-state index in [1.807, 2.05) is 43.3 Å². The van der Waals surface area contributed by atoms with Crippen LogP contribution in [0.25, 0.3) is 22.3 Å². The average molecular weight is 401 g/mol. The molecule has 3 aromatic carbocycles. The summed E-state index contributed by atoms with van der Waals surface area (Å²) in [5, 5.41) is 3.20. The lowest BCUT2D eigenvalue weighted by Gasteiger charge is -2.10. The zero-order valence-electron chi connectivity index (χ0n) is 16.6. The summed E-state index contributed by atoms with van der Waals surface area (Å²) < 4.78 is 6.35. The molecular formula is C23H21N4O3+. The first-order valence-electron chi connectivity index (χ1n) is 9.41. The van der Waals surface area contributed by atoms with Crippen molar-refractivity contribution >= 4 is 22.6 Å². The molecule has 4 aromatic rings. The van der Waals surface area contributed by atoms with Crippen molar-refractivity contribution in [2.45, 2.75) is 6.92 Å².